The maximum Gasteiger partial charge on any atom is 0.161 e. The lowest BCUT2D eigenvalue weighted by Gasteiger charge is -2.12. The highest BCUT2D eigenvalue weighted by atomic mass is 32.2. The molecule has 8 nitrogen and oxygen atoms in total. The van der Waals surface area contributed by atoms with Gasteiger partial charge in [-0.2, -0.15) is 5.10 Å². The Morgan fingerprint density at radius 1 is 0.846 bits per heavy atom. The minimum atomic E-state index is 0.690. The molecule has 0 saturated heterocycles. The number of rotatable bonds is 6. The molecule has 188 valence electrons. The smallest absolute Gasteiger partial charge is 0.161 e. The minimum Gasteiger partial charge on any atom is -0.495 e. The number of nitrogens with zero attached hydrogens (tertiary/aromatic N) is 5. The number of pyridine rings is 2. The molecule has 0 atom stereocenters. The Bertz CT molecular complexity index is 1970. The van der Waals surface area contributed by atoms with Crippen molar-refractivity contribution in [3.8, 4) is 17.0 Å². The molecule has 0 aliphatic rings. The summed E-state index contributed by atoms with van der Waals surface area (Å²) >= 11 is 1.64. The second-order valence-electron chi connectivity index (χ2n) is 8.92. The number of methoxy groups -OCH3 is 1. The number of nitrogens with one attached hydrogen (secondary N) is 2. The Morgan fingerprint density at radius 3 is 2.59 bits per heavy atom. The first-order chi connectivity index (χ1) is 19.2. The van der Waals surface area contributed by atoms with Crippen LogP contribution in [0.3, 0.4) is 0 Å². The van der Waals surface area contributed by atoms with E-state index in [9.17, 15) is 0 Å². The van der Waals surface area contributed by atoms with Gasteiger partial charge >= 0.3 is 0 Å². The van der Waals surface area contributed by atoms with E-state index in [1.807, 2.05) is 48.7 Å². The highest BCUT2D eigenvalue weighted by Crippen LogP contribution is 2.35. The lowest BCUT2D eigenvalue weighted by Crippen LogP contribution is -1.99. The summed E-state index contributed by atoms with van der Waals surface area (Å²) < 4.78 is 5.28. The van der Waals surface area contributed by atoms with Gasteiger partial charge in [0.25, 0.3) is 0 Å². The molecule has 0 saturated carbocycles. The molecule has 4 heterocycles. The molecule has 0 aliphatic heterocycles. The SMILES string of the molecule is COc1cnc2c(Sc3ccc(Nc4nnc(-c5ccc6cn[nH]c6c5)c5ccccc45)cc3)ccnc2c1. The van der Waals surface area contributed by atoms with Crippen molar-refractivity contribution in [1.82, 2.24) is 30.4 Å². The average molecular weight is 528 g/mol. The molecular weight excluding hydrogens is 506 g/mol. The average Bonchev–Trinajstić information content (AvgIpc) is 3.46. The molecule has 0 bridgehead atoms. The molecule has 0 spiro atoms. The number of aromatic amines is 1. The van der Waals surface area contributed by atoms with E-state index < -0.39 is 0 Å². The van der Waals surface area contributed by atoms with Gasteiger partial charge in [-0.1, -0.05) is 48.2 Å². The number of ether oxygens (including phenoxy) is 1. The molecule has 7 aromatic rings. The van der Waals surface area contributed by atoms with E-state index >= 15 is 0 Å². The predicted molar refractivity (Wildman–Crippen MR) is 155 cm³/mol. The van der Waals surface area contributed by atoms with E-state index in [4.69, 9.17) is 4.74 Å². The zero-order valence-corrected chi connectivity index (χ0v) is 21.6. The van der Waals surface area contributed by atoms with Crippen molar-refractivity contribution in [1.29, 1.82) is 0 Å². The zero-order valence-electron chi connectivity index (χ0n) is 20.8. The quantitative estimate of drug-likeness (QED) is 0.238. The monoisotopic (exact) mass is 527 g/mol. The molecule has 2 N–H and O–H groups in total. The molecule has 3 aromatic carbocycles. The first-order valence-electron chi connectivity index (χ1n) is 12.3. The van der Waals surface area contributed by atoms with Gasteiger partial charge in [-0.15, -0.1) is 10.2 Å². The van der Waals surface area contributed by atoms with Crippen LogP contribution in [0.4, 0.5) is 11.5 Å². The Balaban J connectivity index is 1.16. The van der Waals surface area contributed by atoms with Crippen LogP contribution in [-0.2, 0) is 0 Å². The number of fused-ring (bicyclic) bond motifs is 3. The van der Waals surface area contributed by atoms with E-state index in [0.717, 1.165) is 59.4 Å². The molecule has 4 aromatic heterocycles. The van der Waals surface area contributed by atoms with Crippen LogP contribution in [-0.4, -0.2) is 37.5 Å². The predicted octanol–water partition coefficient (Wildman–Crippen LogP) is 7.02. The van der Waals surface area contributed by atoms with E-state index in [2.05, 4.69) is 72.1 Å². The third-order valence-corrected chi connectivity index (χ3v) is 7.56. The lowest BCUT2D eigenvalue weighted by molar-refractivity contribution is 0.413. The van der Waals surface area contributed by atoms with Crippen LogP contribution in [0.2, 0.25) is 0 Å². The molecular formula is C30H21N7OS. The molecule has 0 amide bonds. The van der Waals surface area contributed by atoms with E-state index in [0.29, 0.717) is 11.6 Å². The fourth-order valence-corrected chi connectivity index (χ4v) is 5.45. The van der Waals surface area contributed by atoms with Crippen LogP contribution in [0, 0.1) is 0 Å². The van der Waals surface area contributed by atoms with Gasteiger partial charge in [-0.25, -0.2) is 4.98 Å². The van der Waals surface area contributed by atoms with Gasteiger partial charge in [-0.05, 0) is 36.4 Å². The third-order valence-electron chi connectivity index (χ3n) is 6.50. The summed E-state index contributed by atoms with van der Waals surface area (Å²) in [6.07, 6.45) is 5.32. The van der Waals surface area contributed by atoms with Crippen LogP contribution in [0.1, 0.15) is 0 Å². The van der Waals surface area contributed by atoms with Crippen molar-refractivity contribution in [3.05, 3.63) is 97.5 Å². The number of benzene rings is 3. The van der Waals surface area contributed by atoms with Crippen molar-refractivity contribution >= 4 is 56.0 Å². The summed E-state index contributed by atoms with van der Waals surface area (Å²) in [7, 11) is 1.63. The lowest BCUT2D eigenvalue weighted by atomic mass is 10.0. The van der Waals surface area contributed by atoms with Gasteiger partial charge in [0.2, 0.25) is 0 Å². The summed E-state index contributed by atoms with van der Waals surface area (Å²) in [6.45, 7) is 0. The topological polar surface area (TPSA) is 101 Å². The van der Waals surface area contributed by atoms with Crippen molar-refractivity contribution in [3.63, 3.8) is 0 Å². The second-order valence-corrected chi connectivity index (χ2v) is 10.0. The number of anilines is 2. The molecule has 9 heteroatoms. The summed E-state index contributed by atoms with van der Waals surface area (Å²) in [5.41, 5.74) is 5.35. The van der Waals surface area contributed by atoms with E-state index in [1.165, 1.54) is 0 Å². The summed E-state index contributed by atoms with van der Waals surface area (Å²) in [4.78, 5) is 11.1. The summed E-state index contributed by atoms with van der Waals surface area (Å²) in [5, 5.41) is 22.9. The normalized spacial score (nSPS) is 11.3. The van der Waals surface area contributed by atoms with Crippen LogP contribution >= 0.6 is 11.8 Å². The van der Waals surface area contributed by atoms with Gasteiger partial charge < -0.3 is 10.1 Å². The van der Waals surface area contributed by atoms with Crippen LogP contribution in [0.15, 0.2) is 107 Å². The minimum absolute atomic E-state index is 0.690. The van der Waals surface area contributed by atoms with Gasteiger partial charge in [0.05, 0.1) is 30.5 Å². The first kappa shape index (κ1) is 23.1. The largest absolute Gasteiger partial charge is 0.495 e. The van der Waals surface area contributed by atoms with Crippen molar-refractivity contribution in [2.75, 3.05) is 12.4 Å². The maximum absolute atomic E-state index is 5.28. The Hall–Kier alpha value is -5.02. The van der Waals surface area contributed by atoms with E-state index in [1.54, 1.807) is 31.3 Å². The van der Waals surface area contributed by atoms with Gasteiger partial charge in [0, 0.05) is 49.5 Å². The molecule has 0 fully saturated rings. The molecule has 0 unspecified atom stereocenters. The summed E-state index contributed by atoms with van der Waals surface area (Å²) in [6, 6.07) is 26.4. The van der Waals surface area contributed by atoms with Crippen LogP contribution in [0.25, 0.3) is 44.0 Å². The van der Waals surface area contributed by atoms with Gasteiger partial charge in [-0.3, -0.25) is 10.1 Å². The highest BCUT2D eigenvalue weighted by Gasteiger charge is 2.13. The Kier molecular flexibility index (Phi) is 5.75. The highest BCUT2D eigenvalue weighted by molar-refractivity contribution is 7.99. The van der Waals surface area contributed by atoms with E-state index in [-0.39, 0.29) is 0 Å². The van der Waals surface area contributed by atoms with Gasteiger partial charge in [0.15, 0.2) is 5.82 Å². The summed E-state index contributed by atoms with van der Waals surface area (Å²) in [5.74, 6) is 1.39. The number of hydrogen-bond donors (Lipinski definition) is 2. The number of H-pyrrole nitrogens is 1. The van der Waals surface area contributed by atoms with Crippen LogP contribution in [0.5, 0.6) is 5.75 Å². The van der Waals surface area contributed by atoms with Crippen molar-refractivity contribution < 1.29 is 4.74 Å². The zero-order chi connectivity index (χ0) is 26.2. The third kappa shape index (κ3) is 4.38. The maximum atomic E-state index is 5.28. The number of hydrogen-bond acceptors (Lipinski definition) is 8. The number of aromatic nitrogens is 6. The Labute approximate surface area is 227 Å². The fraction of sp³-hybridized carbons (Fsp3) is 0.0333. The van der Waals surface area contributed by atoms with Crippen LogP contribution < -0.4 is 10.1 Å². The Morgan fingerprint density at radius 2 is 1.72 bits per heavy atom. The second kappa shape index (κ2) is 9.70. The van der Waals surface area contributed by atoms with Crippen molar-refractivity contribution in [2.45, 2.75) is 9.79 Å². The van der Waals surface area contributed by atoms with Gasteiger partial charge in [0.1, 0.15) is 17.0 Å². The molecule has 39 heavy (non-hydrogen) atoms. The molecule has 0 radical (unpaired) electrons. The first-order valence-corrected chi connectivity index (χ1v) is 13.1. The fourth-order valence-electron chi connectivity index (χ4n) is 4.54. The molecule has 7 rings (SSSR count). The molecule has 0 aliphatic carbocycles. The standard InChI is InChI=1S/C30H21N7OS/c1-38-21-15-26-29(32-17-21)27(12-13-31-26)39-22-10-8-20(9-11-22)34-30-24-5-3-2-4-23(24)28(36-37-30)18-6-7-19-16-33-35-25(19)14-18/h2-17H,1H3,(H,33,35)(H,34,37). The van der Waals surface area contributed by atoms with Crippen molar-refractivity contribution in [2.24, 2.45) is 0 Å².